The van der Waals surface area contributed by atoms with E-state index in [0.29, 0.717) is 5.69 Å². The fraction of sp³-hybridized carbons (Fsp3) is 0.0667. The lowest BCUT2D eigenvalue weighted by atomic mass is 10.2. The van der Waals surface area contributed by atoms with Crippen molar-refractivity contribution in [2.24, 2.45) is 4.99 Å². The Morgan fingerprint density at radius 1 is 1.16 bits per heavy atom. The highest BCUT2D eigenvalue weighted by Crippen LogP contribution is 2.24. The Labute approximate surface area is 111 Å². The van der Waals surface area contributed by atoms with Crippen LogP contribution in [0.3, 0.4) is 0 Å². The third kappa shape index (κ3) is 3.67. The van der Waals surface area contributed by atoms with Gasteiger partial charge >= 0.3 is 0 Å². The summed E-state index contributed by atoms with van der Waals surface area (Å²) < 4.78 is 0. The Hall–Kier alpha value is -2.62. The number of nitrogens with one attached hydrogen (secondary N) is 1. The van der Waals surface area contributed by atoms with Crippen LogP contribution in [-0.4, -0.2) is 17.2 Å². The molecule has 0 radical (unpaired) electrons. The number of carbonyl (C=O) groups excluding carboxylic acids is 1. The van der Waals surface area contributed by atoms with Gasteiger partial charge in [0.2, 0.25) is 5.91 Å². The van der Waals surface area contributed by atoms with Crippen LogP contribution in [0.5, 0.6) is 5.75 Å². The van der Waals surface area contributed by atoms with Crippen molar-refractivity contribution < 1.29 is 9.90 Å². The van der Waals surface area contributed by atoms with Crippen LogP contribution in [0.2, 0.25) is 0 Å². The molecule has 2 N–H and O–H groups in total. The lowest BCUT2D eigenvalue weighted by Gasteiger charge is -2.01. The summed E-state index contributed by atoms with van der Waals surface area (Å²) in [4.78, 5) is 15.1. The molecule has 0 aromatic heterocycles. The van der Waals surface area contributed by atoms with Crippen molar-refractivity contribution in [3.63, 3.8) is 0 Å². The molecule has 4 heteroatoms. The maximum absolute atomic E-state index is 10.9. The van der Waals surface area contributed by atoms with E-state index in [1.807, 2.05) is 18.2 Å². The molecular formula is C15H14N2O2. The number of anilines is 1. The second kappa shape index (κ2) is 5.82. The summed E-state index contributed by atoms with van der Waals surface area (Å²) in [6.45, 7) is 1.47. The molecule has 4 nitrogen and oxygen atoms in total. The number of aromatic hydroxyl groups is 1. The summed E-state index contributed by atoms with van der Waals surface area (Å²) in [5.74, 6) is 0.0456. The van der Waals surface area contributed by atoms with Crippen LogP contribution in [0.1, 0.15) is 12.5 Å². The molecule has 2 rings (SSSR count). The van der Waals surface area contributed by atoms with Crippen molar-refractivity contribution in [3.8, 4) is 5.75 Å². The minimum atomic E-state index is -0.101. The molecule has 2 aromatic rings. The number of carbonyl (C=O) groups is 1. The molecule has 0 fully saturated rings. The van der Waals surface area contributed by atoms with E-state index >= 15 is 0 Å². The summed E-state index contributed by atoms with van der Waals surface area (Å²) in [6, 6.07) is 14.2. The number of phenols is 1. The molecule has 1 amide bonds. The molecule has 19 heavy (non-hydrogen) atoms. The van der Waals surface area contributed by atoms with Crippen LogP contribution in [0, 0.1) is 0 Å². The molecular weight excluding hydrogens is 240 g/mol. The topological polar surface area (TPSA) is 61.7 Å². The van der Waals surface area contributed by atoms with Gasteiger partial charge in [-0.25, -0.2) is 0 Å². The quantitative estimate of drug-likeness (QED) is 0.827. The highest BCUT2D eigenvalue weighted by atomic mass is 16.3. The second-order valence-corrected chi connectivity index (χ2v) is 4.05. The monoisotopic (exact) mass is 254 g/mol. The van der Waals surface area contributed by atoms with Gasteiger partial charge in [0, 0.05) is 18.8 Å². The number of nitrogens with zero attached hydrogens (tertiary/aromatic N) is 1. The zero-order valence-electron chi connectivity index (χ0n) is 10.5. The van der Waals surface area contributed by atoms with Gasteiger partial charge in [0.25, 0.3) is 0 Å². The number of para-hydroxylation sites is 2. The molecule has 0 unspecified atom stereocenters. The average Bonchev–Trinajstić information content (AvgIpc) is 2.39. The van der Waals surface area contributed by atoms with E-state index in [1.54, 1.807) is 36.5 Å². The van der Waals surface area contributed by atoms with E-state index in [-0.39, 0.29) is 11.7 Å². The SMILES string of the molecule is CC(=O)Nc1ccc(C=Nc2ccccc2O)cc1. The van der Waals surface area contributed by atoms with E-state index in [0.717, 1.165) is 11.3 Å². The first kappa shape index (κ1) is 12.8. The number of rotatable bonds is 3. The standard InChI is InChI=1S/C15H14N2O2/c1-11(18)17-13-8-6-12(7-9-13)10-16-14-4-2-3-5-15(14)19/h2-10,19H,1H3,(H,17,18). The van der Waals surface area contributed by atoms with Crippen LogP contribution in [0.4, 0.5) is 11.4 Å². The summed E-state index contributed by atoms with van der Waals surface area (Å²) in [6.07, 6.45) is 1.66. The zero-order valence-corrected chi connectivity index (χ0v) is 10.5. The first-order valence-electron chi connectivity index (χ1n) is 5.85. The van der Waals surface area contributed by atoms with Crippen molar-refractivity contribution in [3.05, 3.63) is 54.1 Å². The maximum atomic E-state index is 10.9. The largest absolute Gasteiger partial charge is 0.506 e. The predicted octanol–water partition coefficient (Wildman–Crippen LogP) is 3.10. The number of phenolic OH excluding ortho intramolecular Hbond substituents is 1. The number of aliphatic imine (C=N–C) groups is 1. The van der Waals surface area contributed by atoms with Crippen LogP contribution >= 0.6 is 0 Å². The summed E-state index contributed by atoms with van der Waals surface area (Å²) >= 11 is 0. The Bertz CT molecular complexity index is 604. The zero-order chi connectivity index (χ0) is 13.7. The van der Waals surface area contributed by atoms with E-state index in [4.69, 9.17) is 0 Å². The van der Waals surface area contributed by atoms with Gasteiger partial charge in [-0.1, -0.05) is 24.3 Å². The molecule has 0 atom stereocenters. The highest BCUT2D eigenvalue weighted by Gasteiger charge is 1.97. The van der Waals surface area contributed by atoms with Gasteiger partial charge in [-0.15, -0.1) is 0 Å². The number of hydrogen-bond donors (Lipinski definition) is 2. The van der Waals surface area contributed by atoms with Crippen molar-refractivity contribution in [1.82, 2.24) is 0 Å². The molecule has 0 bridgehead atoms. The first-order chi connectivity index (χ1) is 9.15. The van der Waals surface area contributed by atoms with Gasteiger partial charge in [0.15, 0.2) is 0 Å². The molecule has 96 valence electrons. The van der Waals surface area contributed by atoms with Crippen LogP contribution in [-0.2, 0) is 4.79 Å². The van der Waals surface area contributed by atoms with Gasteiger partial charge in [-0.2, -0.15) is 0 Å². The van der Waals surface area contributed by atoms with Crippen molar-refractivity contribution in [2.45, 2.75) is 6.92 Å². The first-order valence-corrected chi connectivity index (χ1v) is 5.85. The normalized spacial score (nSPS) is 10.6. The molecule has 0 spiro atoms. The molecule has 0 aliphatic heterocycles. The third-order valence-corrected chi connectivity index (χ3v) is 2.47. The summed E-state index contributed by atoms with van der Waals surface area (Å²) in [5.41, 5.74) is 2.15. The molecule has 0 saturated heterocycles. The minimum absolute atomic E-state index is 0.101. The van der Waals surface area contributed by atoms with Crippen LogP contribution in [0.25, 0.3) is 0 Å². The number of amides is 1. The molecule has 0 aliphatic rings. The number of hydrogen-bond acceptors (Lipinski definition) is 3. The second-order valence-electron chi connectivity index (χ2n) is 4.05. The highest BCUT2D eigenvalue weighted by molar-refractivity contribution is 5.89. The Morgan fingerprint density at radius 3 is 2.47 bits per heavy atom. The lowest BCUT2D eigenvalue weighted by molar-refractivity contribution is -0.114. The van der Waals surface area contributed by atoms with Gasteiger partial charge in [0.1, 0.15) is 11.4 Å². The van der Waals surface area contributed by atoms with E-state index in [9.17, 15) is 9.90 Å². The van der Waals surface area contributed by atoms with Gasteiger partial charge in [-0.3, -0.25) is 9.79 Å². The summed E-state index contributed by atoms with van der Waals surface area (Å²) in [7, 11) is 0. The lowest BCUT2D eigenvalue weighted by Crippen LogP contribution is -2.05. The van der Waals surface area contributed by atoms with E-state index in [2.05, 4.69) is 10.3 Å². The molecule has 2 aromatic carbocycles. The van der Waals surface area contributed by atoms with Gasteiger partial charge < -0.3 is 10.4 Å². The fourth-order valence-electron chi connectivity index (χ4n) is 1.57. The Balaban J connectivity index is 2.11. The maximum Gasteiger partial charge on any atom is 0.221 e. The van der Waals surface area contributed by atoms with Crippen molar-refractivity contribution in [1.29, 1.82) is 0 Å². The summed E-state index contributed by atoms with van der Waals surface area (Å²) in [5, 5.41) is 12.3. The molecule has 0 heterocycles. The molecule has 0 saturated carbocycles. The predicted molar refractivity (Wildman–Crippen MR) is 76.1 cm³/mol. The van der Waals surface area contributed by atoms with E-state index in [1.165, 1.54) is 6.92 Å². The third-order valence-electron chi connectivity index (χ3n) is 2.47. The van der Waals surface area contributed by atoms with Crippen molar-refractivity contribution in [2.75, 3.05) is 5.32 Å². The average molecular weight is 254 g/mol. The number of benzene rings is 2. The van der Waals surface area contributed by atoms with E-state index < -0.39 is 0 Å². The minimum Gasteiger partial charge on any atom is -0.506 e. The Kier molecular flexibility index (Phi) is 3.93. The fourth-order valence-corrected chi connectivity index (χ4v) is 1.57. The van der Waals surface area contributed by atoms with Gasteiger partial charge in [-0.05, 0) is 29.8 Å². The Morgan fingerprint density at radius 2 is 1.84 bits per heavy atom. The smallest absolute Gasteiger partial charge is 0.221 e. The van der Waals surface area contributed by atoms with Crippen molar-refractivity contribution >= 4 is 23.5 Å². The molecule has 0 aliphatic carbocycles. The van der Waals surface area contributed by atoms with Gasteiger partial charge in [0.05, 0.1) is 0 Å². The van der Waals surface area contributed by atoms with Crippen LogP contribution < -0.4 is 5.32 Å². The van der Waals surface area contributed by atoms with Crippen LogP contribution in [0.15, 0.2) is 53.5 Å².